The van der Waals surface area contributed by atoms with Gasteiger partial charge in [-0.3, -0.25) is 0 Å². The number of nitrogens with zero attached hydrogens (tertiary/aromatic N) is 2. The molecular formula is C7H11N3. The summed E-state index contributed by atoms with van der Waals surface area (Å²) in [7, 11) is 0. The highest BCUT2D eigenvalue weighted by molar-refractivity contribution is 5.24. The van der Waals surface area contributed by atoms with Crippen molar-refractivity contribution in [2.75, 3.05) is 0 Å². The van der Waals surface area contributed by atoms with Gasteiger partial charge in [0.15, 0.2) is 0 Å². The highest BCUT2D eigenvalue weighted by Crippen LogP contribution is 2.06. The van der Waals surface area contributed by atoms with Gasteiger partial charge in [-0.1, -0.05) is 0 Å². The van der Waals surface area contributed by atoms with Gasteiger partial charge in [-0.05, 0) is 25.0 Å². The fraction of sp³-hybridized carbons (Fsp3) is 0.429. The number of aryl methyl sites for hydroxylation is 1. The Morgan fingerprint density at radius 2 is 2.20 bits per heavy atom. The van der Waals surface area contributed by atoms with Crippen molar-refractivity contribution < 1.29 is 0 Å². The fourth-order valence-electron chi connectivity index (χ4n) is 0.795. The molecule has 0 aliphatic rings. The Kier molecular flexibility index (Phi) is 1.97. The molecule has 1 heterocycles. The maximum atomic E-state index is 5.45. The zero-order valence-electron chi connectivity index (χ0n) is 6.26. The van der Waals surface area contributed by atoms with E-state index < -0.39 is 0 Å². The molecule has 0 amide bonds. The Hall–Kier alpha value is -0.960. The van der Waals surface area contributed by atoms with Gasteiger partial charge in [0.25, 0.3) is 0 Å². The normalized spacial score (nSPS) is 9.90. The van der Waals surface area contributed by atoms with Gasteiger partial charge >= 0.3 is 0 Å². The van der Waals surface area contributed by atoms with Crippen LogP contribution in [0, 0.1) is 13.8 Å². The van der Waals surface area contributed by atoms with Crippen LogP contribution in [0.25, 0.3) is 0 Å². The van der Waals surface area contributed by atoms with Crippen molar-refractivity contribution in [3.8, 4) is 0 Å². The highest BCUT2D eigenvalue weighted by Gasteiger charge is 1.98. The van der Waals surface area contributed by atoms with Crippen LogP contribution in [0.1, 0.15) is 16.8 Å². The lowest BCUT2D eigenvalue weighted by Crippen LogP contribution is -2.03. The molecule has 0 saturated carbocycles. The first-order valence-corrected chi connectivity index (χ1v) is 3.23. The second-order valence-corrected chi connectivity index (χ2v) is 2.28. The fourth-order valence-corrected chi connectivity index (χ4v) is 0.795. The predicted molar refractivity (Wildman–Crippen MR) is 39.4 cm³/mol. The molecule has 0 aliphatic heterocycles. The second kappa shape index (κ2) is 2.75. The van der Waals surface area contributed by atoms with Gasteiger partial charge in [-0.2, -0.15) is 10.2 Å². The number of rotatable bonds is 1. The lowest BCUT2D eigenvalue weighted by Gasteiger charge is -2.01. The molecule has 0 bridgehead atoms. The third kappa shape index (κ3) is 1.14. The first kappa shape index (κ1) is 7.15. The zero-order valence-corrected chi connectivity index (χ0v) is 6.26. The SMILES string of the molecule is Cc1nncc(CN)c1C. The van der Waals surface area contributed by atoms with Gasteiger partial charge in [-0.15, -0.1) is 0 Å². The minimum absolute atomic E-state index is 0.544. The molecule has 0 aromatic carbocycles. The van der Waals surface area contributed by atoms with E-state index in [4.69, 9.17) is 5.73 Å². The molecule has 0 spiro atoms. The summed E-state index contributed by atoms with van der Waals surface area (Å²) in [5.74, 6) is 0. The Balaban J connectivity index is 3.14. The first-order chi connectivity index (χ1) is 4.75. The van der Waals surface area contributed by atoms with Crippen molar-refractivity contribution in [2.24, 2.45) is 5.73 Å². The van der Waals surface area contributed by atoms with Crippen LogP contribution in [-0.4, -0.2) is 10.2 Å². The molecule has 3 nitrogen and oxygen atoms in total. The Morgan fingerprint density at radius 3 is 2.70 bits per heavy atom. The topological polar surface area (TPSA) is 51.8 Å². The largest absolute Gasteiger partial charge is 0.326 e. The van der Waals surface area contributed by atoms with Crippen molar-refractivity contribution in [3.05, 3.63) is 23.0 Å². The van der Waals surface area contributed by atoms with E-state index in [1.54, 1.807) is 6.20 Å². The van der Waals surface area contributed by atoms with E-state index in [9.17, 15) is 0 Å². The van der Waals surface area contributed by atoms with E-state index in [2.05, 4.69) is 10.2 Å². The lowest BCUT2D eigenvalue weighted by atomic mass is 10.1. The average Bonchev–Trinajstić information content (AvgIpc) is 1.95. The molecule has 0 unspecified atom stereocenters. The van der Waals surface area contributed by atoms with Crippen molar-refractivity contribution in [1.82, 2.24) is 10.2 Å². The second-order valence-electron chi connectivity index (χ2n) is 2.28. The van der Waals surface area contributed by atoms with E-state index in [0.29, 0.717) is 6.54 Å². The molecule has 1 rings (SSSR count). The molecule has 54 valence electrons. The van der Waals surface area contributed by atoms with Crippen molar-refractivity contribution in [3.63, 3.8) is 0 Å². The summed E-state index contributed by atoms with van der Waals surface area (Å²) in [6, 6.07) is 0. The number of hydrogen-bond acceptors (Lipinski definition) is 3. The summed E-state index contributed by atoms with van der Waals surface area (Å²) in [5, 5.41) is 7.67. The number of hydrogen-bond donors (Lipinski definition) is 1. The van der Waals surface area contributed by atoms with Crippen LogP contribution in [0.4, 0.5) is 0 Å². The summed E-state index contributed by atoms with van der Waals surface area (Å²) in [6.07, 6.45) is 1.71. The average molecular weight is 137 g/mol. The predicted octanol–water partition coefficient (Wildman–Crippen LogP) is 0.552. The molecular weight excluding hydrogens is 126 g/mol. The van der Waals surface area contributed by atoms with Crippen molar-refractivity contribution in [2.45, 2.75) is 20.4 Å². The summed E-state index contributed by atoms with van der Waals surface area (Å²) < 4.78 is 0. The van der Waals surface area contributed by atoms with Crippen LogP contribution in [0.3, 0.4) is 0 Å². The quantitative estimate of drug-likeness (QED) is 0.615. The highest BCUT2D eigenvalue weighted by atomic mass is 15.1. The van der Waals surface area contributed by atoms with E-state index in [1.165, 1.54) is 0 Å². The van der Waals surface area contributed by atoms with Crippen LogP contribution in [0.5, 0.6) is 0 Å². The Bertz CT molecular complexity index is 232. The van der Waals surface area contributed by atoms with Crippen LogP contribution in [0.2, 0.25) is 0 Å². The van der Waals surface area contributed by atoms with Gasteiger partial charge in [0.1, 0.15) is 0 Å². The minimum Gasteiger partial charge on any atom is -0.326 e. The van der Waals surface area contributed by atoms with E-state index in [0.717, 1.165) is 16.8 Å². The maximum Gasteiger partial charge on any atom is 0.0632 e. The van der Waals surface area contributed by atoms with Gasteiger partial charge in [0.2, 0.25) is 0 Å². The maximum absolute atomic E-state index is 5.45. The van der Waals surface area contributed by atoms with E-state index in [1.807, 2.05) is 13.8 Å². The van der Waals surface area contributed by atoms with Crippen molar-refractivity contribution in [1.29, 1.82) is 0 Å². The van der Waals surface area contributed by atoms with Gasteiger partial charge in [-0.25, -0.2) is 0 Å². The van der Waals surface area contributed by atoms with Crippen LogP contribution >= 0.6 is 0 Å². The Labute approximate surface area is 60.3 Å². The minimum atomic E-state index is 0.544. The van der Waals surface area contributed by atoms with E-state index >= 15 is 0 Å². The molecule has 1 aromatic rings. The van der Waals surface area contributed by atoms with Crippen LogP contribution in [-0.2, 0) is 6.54 Å². The van der Waals surface area contributed by atoms with Crippen molar-refractivity contribution >= 4 is 0 Å². The summed E-state index contributed by atoms with van der Waals surface area (Å²) >= 11 is 0. The molecule has 0 aliphatic carbocycles. The van der Waals surface area contributed by atoms with Gasteiger partial charge in [0, 0.05) is 6.54 Å². The van der Waals surface area contributed by atoms with Crippen LogP contribution in [0.15, 0.2) is 6.20 Å². The molecule has 3 heteroatoms. The molecule has 10 heavy (non-hydrogen) atoms. The number of aromatic nitrogens is 2. The van der Waals surface area contributed by atoms with Gasteiger partial charge in [0.05, 0.1) is 11.9 Å². The lowest BCUT2D eigenvalue weighted by molar-refractivity contribution is 0.908. The summed E-state index contributed by atoms with van der Waals surface area (Å²) in [4.78, 5) is 0. The smallest absolute Gasteiger partial charge is 0.0632 e. The first-order valence-electron chi connectivity index (χ1n) is 3.23. The molecule has 1 aromatic heterocycles. The standard InChI is InChI=1S/C7H11N3/c1-5-6(2)10-9-4-7(5)3-8/h4H,3,8H2,1-2H3. The zero-order chi connectivity index (χ0) is 7.56. The molecule has 0 saturated heterocycles. The molecule has 0 fully saturated rings. The van der Waals surface area contributed by atoms with E-state index in [-0.39, 0.29) is 0 Å². The Morgan fingerprint density at radius 1 is 1.50 bits per heavy atom. The molecule has 0 radical (unpaired) electrons. The third-order valence-corrected chi connectivity index (χ3v) is 1.67. The van der Waals surface area contributed by atoms with Crippen LogP contribution < -0.4 is 5.73 Å². The summed E-state index contributed by atoms with van der Waals surface area (Å²) in [5.41, 5.74) is 8.64. The summed E-state index contributed by atoms with van der Waals surface area (Å²) in [6.45, 7) is 4.48. The number of nitrogens with two attached hydrogens (primary N) is 1. The molecule has 0 atom stereocenters. The molecule has 2 N–H and O–H groups in total. The third-order valence-electron chi connectivity index (χ3n) is 1.67. The van der Waals surface area contributed by atoms with Gasteiger partial charge < -0.3 is 5.73 Å². The monoisotopic (exact) mass is 137 g/mol.